The maximum Gasteiger partial charge on any atom is 0.342 e. The number of carbonyl (C=O) groups excluding carboxylic acids is 3. The molecule has 0 aliphatic heterocycles. The van der Waals surface area contributed by atoms with E-state index >= 15 is 0 Å². The number of rotatable bonds is 10. The molecule has 2 aromatic carbocycles. The van der Waals surface area contributed by atoms with Gasteiger partial charge in [-0.1, -0.05) is 0 Å². The Morgan fingerprint density at radius 2 is 1.47 bits per heavy atom. The third kappa shape index (κ3) is 5.69. The fourth-order valence-corrected chi connectivity index (χ4v) is 3.06. The van der Waals surface area contributed by atoms with E-state index in [9.17, 15) is 14.4 Å². The molecule has 2 aromatic rings. The van der Waals surface area contributed by atoms with Crippen LogP contribution in [0.3, 0.4) is 0 Å². The Labute approximate surface area is 187 Å². The first-order valence-electron chi connectivity index (χ1n) is 10.0. The summed E-state index contributed by atoms with van der Waals surface area (Å²) in [6.07, 6.45) is 0. The number of nitrogens with one attached hydrogen (secondary N) is 1. The van der Waals surface area contributed by atoms with Crippen molar-refractivity contribution >= 4 is 23.5 Å². The van der Waals surface area contributed by atoms with E-state index < -0.39 is 18.5 Å². The second-order valence-corrected chi connectivity index (χ2v) is 6.56. The van der Waals surface area contributed by atoms with Gasteiger partial charge >= 0.3 is 5.97 Å². The lowest BCUT2D eigenvalue weighted by Gasteiger charge is -2.18. The van der Waals surface area contributed by atoms with Crippen LogP contribution in [0, 0.1) is 0 Å². The monoisotopic (exact) mass is 444 g/mol. The minimum absolute atomic E-state index is 0.0781. The van der Waals surface area contributed by atoms with Gasteiger partial charge in [-0.05, 0) is 50.2 Å². The van der Waals surface area contributed by atoms with Crippen molar-refractivity contribution in [2.75, 3.05) is 46.3 Å². The summed E-state index contributed by atoms with van der Waals surface area (Å²) in [7, 11) is 4.27. The van der Waals surface area contributed by atoms with Gasteiger partial charge in [0.2, 0.25) is 5.75 Å². The van der Waals surface area contributed by atoms with E-state index in [0.29, 0.717) is 30.1 Å². The highest BCUT2D eigenvalue weighted by Gasteiger charge is 2.22. The summed E-state index contributed by atoms with van der Waals surface area (Å²) in [4.78, 5) is 38.7. The van der Waals surface area contributed by atoms with E-state index in [1.54, 1.807) is 35.2 Å². The molecule has 0 aliphatic rings. The van der Waals surface area contributed by atoms with Crippen LogP contribution >= 0.6 is 0 Å². The topological polar surface area (TPSA) is 103 Å². The standard InChI is InChI=1S/C23H28N2O7/c1-6-25(7-2)22(27)15-8-10-16(11-9-15)24-19(26)14-32-23(28)17-12-13-18(29-3)21(31-5)20(17)30-4/h8-13H,6-7,14H2,1-5H3,(H,24,26). The van der Waals surface area contributed by atoms with E-state index in [1.807, 2.05) is 13.8 Å². The maximum absolute atomic E-state index is 12.5. The molecule has 0 bridgehead atoms. The van der Waals surface area contributed by atoms with Gasteiger partial charge in [0.25, 0.3) is 11.8 Å². The molecule has 0 unspecified atom stereocenters. The summed E-state index contributed by atoms with van der Waals surface area (Å²) in [5, 5.41) is 2.62. The lowest BCUT2D eigenvalue weighted by molar-refractivity contribution is -0.119. The van der Waals surface area contributed by atoms with E-state index in [1.165, 1.54) is 27.4 Å². The average Bonchev–Trinajstić information content (AvgIpc) is 2.82. The van der Waals surface area contributed by atoms with E-state index in [-0.39, 0.29) is 23.0 Å². The Kier molecular flexibility index (Phi) is 8.88. The van der Waals surface area contributed by atoms with Crippen LogP contribution in [-0.4, -0.2) is 63.7 Å². The fourth-order valence-electron chi connectivity index (χ4n) is 3.06. The van der Waals surface area contributed by atoms with Crippen LogP contribution in [-0.2, 0) is 9.53 Å². The van der Waals surface area contributed by atoms with Crippen molar-refractivity contribution in [2.45, 2.75) is 13.8 Å². The molecule has 2 rings (SSSR count). The number of carbonyl (C=O) groups is 3. The van der Waals surface area contributed by atoms with E-state index in [2.05, 4.69) is 5.32 Å². The van der Waals surface area contributed by atoms with Crippen molar-refractivity contribution in [3.05, 3.63) is 47.5 Å². The number of nitrogens with zero attached hydrogens (tertiary/aromatic N) is 1. The van der Waals surface area contributed by atoms with Crippen molar-refractivity contribution in [2.24, 2.45) is 0 Å². The van der Waals surface area contributed by atoms with Crippen molar-refractivity contribution in [1.82, 2.24) is 4.90 Å². The largest absolute Gasteiger partial charge is 0.493 e. The molecule has 0 spiro atoms. The number of methoxy groups -OCH3 is 3. The molecule has 0 radical (unpaired) electrons. The highest BCUT2D eigenvalue weighted by atomic mass is 16.5. The van der Waals surface area contributed by atoms with Gasteiger partial charge < -0.3 is 29.2 Å². The molecule has 0 heterocycles. The summed E-state index contributed by atoms with van der Waals surface area (Å²) in [6.45, 7) is 4.55. The van der Waals surface area contributed by atoms with Gasteiger partial charge in [-0.25, -0.2) is 4.79 Å². The third-order valence-electron chi connectivity index (χ3n) is 4.72. The Balaban J connectivity index is 2.00. The fraction of sp³-hybridized carbons (Fsp3) is 0.348. The van der Waals surface area contributed by atoms with Crippen molar-refractivity contribution in [3.63, 3.8) is 0 Å². The van der Waals surface area contributed by atoms with Crippen LogP contribution in [0.4, 0.5) is 5.69 Å². The molecule has 9 nitrogen and oxygen atoms in total. The van der Waals surface area contributed by atoms with E-state index in [0.717, 1.165) is 0 Å². The highest BCUT2D eigenvalue weighted by molar-refractivity contribution is 5.98. The predicted molar refractivity (Wildman–Crippen MR) is 119 cm³/mol. The van der Waals surface area contributed by atoms with Gasteiger partial charge in [0.1, 0.15) is 5.56 Å². The van der Waals surface area contributed by atoms with Crippen LogP contribution < -0.4 is 19.5 Å². The Morgan fingerprint density at radius 3 is 2.00 bits per heavy atom. The molecule has 1 N–H and O–H groups in total. The predicted octanol–water partition coefficient (Wildman–Crippen LogP) is 2.99. The number of benzene rings is 2. The number of amides is 2. The number of anilines is 1. The molecule has 0 aliphatic carbocycles. The smallest absolute Gasteiger partial charge is 0.342 e. The van der Waals surface area contributed by atoms with E-state index in [4.69, 9.17) is 18.9 Å². The quantitative estimate of drug-likeness (QED) is 0.562. The lowest BCUT2D eigenvalue weighted by Crippen LogP contribution is -2.30. The normalized spacial score (nSPS) is 10.2. The van der Waals surface area contributed by atoms with Crippen LogP contribution in [0.1, 0.15) is 34.6 Å². The lowest BCUT2D eigenvalue weighted by atomic mass is 10.1. The SMILES string of the molecule is CCN(CC)C(=O)c1ccc(NC(=O)COC(=O)c2ccc(OC)c(OC)c2OC)cc1. The Morgan fingerprint density at radius 1 is 0.844 bits per heavy atom. The molecular weight excluding hydrogens is 416 g/mol. The molecule has 0 fully saturated rings. The summed E-state index contributed by atoms with van der Waals surface area (Å²) < 4.78 is 20.8. The molecule has 32 heavy (non-hydrogen) atoms. The summed E-state index contributed by atoms with van der Waals surface area (Å²) >= 11 is 0. The molecule has 172 valence electrons. The number of hydrogen-bond acceptors (Lipinski definition) is 7. The number of esters is 1. The van der Waals surface area contributed by atoms with Crippen molar-refractivity contribution in [1.29, 1.82) is 0 Å². The maximum atomic E-state index is 12.5. The zero-order valence-corrected chi connectivity index (χ0v) is 18.9. The van der Waals surface area contributed by atoms with Crippen LogP contribution in [0.25, 0.3) is 0 Å². The van der Waals surface area contributed by atoms with Gasteiger partial charge in [0, 0.05) is 24.3 Å². The summed E-state index contributed by atoms with van der Waals surface area (Å²) in [6, 6.07) is 9.51. The van der Waals surface area contributed by atoms with Crippen LogP contribution in [0.5, 0.6) is 17.2 Å². The van der Waals surface area contributed by atoms with Gasteiger partial charge in [-0.2, -0.15) is 0 Å². The van der Waals surface area contributed by atoms with Crippen molar-refractivity contribution < 1.29 is 33.3 Å². The number of ether oxygens (including phenoxy) is 4. The zero-order chi connectivity index (χ0) is 23.7. The third-order valence-corrected chi connectivity index (χ3v) is 4.72. The zero-order valence-electron chi connectivity index (χ0n) is 18.9. The second-order valence-electron chi connectivity index (χ2n) is 6.56. The van der Waals surface area contributed by atoms with Crippen LogP contribution in [0.15, 0.2) is 36.4 Å². The molecular formula is C23H28N2O7. The molecule has 0 atom stereocenters. The molecule has 2 amide bonds. The van der Waals surface area contributed by atoms with Gasteiger partial charge in [-0.3, -0.25) is 9.59 Å². The summed E-state index contributed by atoms with van der Waals surface area (Å²) in [5.74, 6) is -0.579. The average molecular weight is 444 g/mol. The van der Waals surface area contributed by atoms with Gasteiger partial charge in [0.15, 0.2) is 18.1 Å². The van der Waals surface area contributed by atoms with Crippen molar-refractivity contribution in [3.8, 4) is 17.2 Å². The first-order chi connectivity index (χ1) is 15.4. The van der Waals surface area contributed by atoms with Gasteiger partial charge in [0.05, 0.1) is 21.3 Å². The summed E-state index contributed by atoms with van der Waals surface area (Å²) in [5.41, 5.74) is 1.10. The first-order valence-corrected chi connectivity index (χ1v) is 10.0. The second kappa shape index (κ2) is 11.6. The molecule has 0 saturated heterocycles. The molecule has 0 saturated carbocycles. The molecule has 0 aromatic heterocycles. The van der Waals surface area contributed by atoms with Crippen LogP contribution in [0.2, 0.25) is 0 Å². The number of hydrogen-bond donors (Lipinski definition) is 1. The highest BCUT2D eigenvalue weighted by Crippen LogP contribution is 2.39. The minimum atomic E-state index is -0.752. The van der Waals surface area contributed by atoms with Gasteiger partial charge in [-0.15, -0.1) is 0 Å². The molecule has 9 heteroatoms. The Bertz CT molecular complexity index is 954. The Hall–Kier alpha value is -3.75. The minimum Gasteiger partial charge on any atom is -0.493 e. The first kappa shape index (κ1) is 24.5.